The van der Waals surface area contributed by atoms with Crippen molar-refractivity contribution < 1.29 is 9.53 Å². The molecule has 1 saturated heterocycles. The Morgan fingerprint density at radius 1 is 1.17 bits per heavy atom. The Hall–Kier alpha value is -2.77. The maximum absolute atomic E-state index is 11.9. The van der Waals surface area contributed by atoms with Crippen molar-refractivity contribution in [2.75, 3.05) is 45.9 Å². The average Bonchev–Trinajstić information content (AvgIpc) is 3.06. The Bertz CT molecular complexity index is 839. The van der Waals surface area contributed by atoms with Crippen LogP contribution >= 0.6 is 0 Å². The SMILES string of the molecule is CCNC(=NCCCn1c(C)nc2ccccc21)N1CCN(C(=O)OCC)CC1. The fraction of sp³-hybridized carbons (Fsp3) is 0.571. The van der Waals surface area contributed by atoms with Crippen LogP contribution in [0.1, 0.15) is 26.1 Å². The number of carbonyl (C=O) groups excluding carboxylic acids is 1. The molecule has 1 aliphatic heterocycles. The fourth-order valence-electron chi connectivity index (χ4n) is 3.63. The number of ether oxygens (including phenoxy) is 1. The summed E-state index contributed by atoms with van der Waals surface area (Å²) in [6.45, 7) is 11.7. The second kappa shape index (κ2) is 10.1. The van der Waals surface area contributed by atoms with Crippen molar-refractivity contribution in [1.29, 1.82) is 0 Å². The van der Waals surface area contributed by atoms with Crippen molar-refractivity contribution in [2.45, 2.75) is 33.7 Å². The van der Waals surface area contributed by atoms with E-state index in [0.29, 0.717) is 19.7 Å². The Labute approximate surface area is 172 Å². The number of hydrogen-bond acceptors (Lipinski definition) is 4. The van der Waals surface area contributed by atoms with Crippen LogP contribution in [0.25, 0.3) is 11.0 Å². The monoisotopic (exact) mass is 400 g/mol. The van der Waals surface area contributed by atoms with E-state index < -0.39 is 0 Å². The normalized spacial score (nSPS) is 15.1. The number of amides is 1. The molecule has 0 unspecified atom stereocenters. The molecule has 1 aliphatic rings. The van der Waals surface area contributed by atoms with E-state index in [2.05, 4.69) is 51.8 Å². The number of carbonyl (C=O) groups is 1. The lowest BCUT2D eigenvalue weighted by atomic mass is 10.3. The molecule has 3 rings (SSSR count). The molecule has 1 amide bonds. The van der Waals surface area contributed by atoms with E-state index in [4.69, 9.17) is 9.73 Å². The standard InChI is InChI=1S/C21H32N6O2/c1-4-22-20(25-13-15-26(16-14-25)21(28)29-5-2)23-11-8-12-27-17(3)24-18-9-6-7-10-19(18)27/h6-7,9-10H,4-5,8,11-16H2,1-3H3,(H,22,23). The number of piperazine rings is 1. The lowest BCUT2D eigenvalue weighted by molar-refractivity contribution is 0.0914. The quantitative estimate of drug-likeness (QED) is 0.458. The van der Waals surface area contributed by atoms with Crippen LogP contribution in [0.15, 0.2) is 29.3 Å². The summed E-state index contributed by atoms with van der Waals surface area (Å²) in [6, 6.07) is 8.24. The van der Waals surface area contributed by atoms with Gasteiger partial charge in [-0.15, -0.1) is 0 Å². The maximum Gasteiger partial charge on any atom is 0.409 e. The molecule has 0 spiro atoms. The lowest BCUT2D eigenvalue weighted by Gasteiger charge is -2.35. The first-order valence-electron chi connectivity index (χ1n) is 10.5. The van der Waals surface area contributed by atoms with Gasteiger partial charge in [0.05, 0.1) is 17.6 Å². The zero-order chi connectivity index (χ0) is 20.6. The van der Waals surface area contributed by atoms with E-state index in [-0.39, 0.29) is 6.09 Å². The summed E-state index contributed by atoms with van der Waals surface area (Å²) in [6.07, 6.45) is 0.718. The number of para-hydroxylation sites is 2. The summed E-state index contributed by atoms with van der Waals surface area (Å²) in [4.78, 5) is 25.3. The minimum Gasteiger partial charge on any atom is -0.450 e. The minimum absolute atomic E-state index is 0.225. The lowest BCUT2D eigenvalue weighted by Crippen LogP contribution is -2.53. The predicted molar refractivity (Wildman–Crippen MR) is 115 cm³/mol. The number of fused-ring (bicyclic) bond motifs is 1. The fourth-order valence-corrected chi connectivity index (χ4v) is 3.63. The van der Waals surface area contributed by atoms with Crippen molar-refractivity contribution in [3.63, 3.8) is 0 Å². The van der Waals surface area contributed by atoms with Gasteiger partial charge in [0.15, 0.2) is 5.96 Å². The number of aromatic nitrogens is 2. The molecule has 158 valence electrons. The molecule has 0 saturated carbocycles. The number of benzene rings is 1. The van der Waals surface area contributed by atoms with E-state index >= 15 is 0 Å². The molecule has 2 aromatic rings. The van der Waals surface area contributed by atoms with Crippen molar-refractivity contribution in [3.8, 4) is 0 Å². The Balaban J connectivity index is 1.54. The van der Waals surface area contributed by atoms with Crippen LogP contribution in [0, 0.1) is 6.92 Å². The molecule has 0 radical (unpaired) electrons. The highest BCUT2D eigenvalue weighted by Crippen LogP contribution is 2.15. The van der Waals surface area contributed by atoms with Crippen molar-refractivity contribution in [2.24, 2.45) is 4.99 Å². The van der Waals surface area contributed by atoms with Gasteiger partial charge in [0, 0.05) is 45.8 Å². The van der Waals surface area contributed by atoms with E-state index in [1.165, 1.54) is 5.52 Å². The summed E-state index contributed by atoms with van der Waals surface area (Å²) >= 11 is 0. The van der Waals surface area contributed by atoms with Gasteiger partial charge in [-0.25, -0.2) is 9.78 Å². The first-order valence-corrected chi connectivity index (χ1v) is 10.5. The smallest absolute Gasteiger partial charge is 0.409 e. The second-order valence-corrected chi connectivity index (χ2v) is 7.06. The Morgan fingerprint density at radius 3 is 2.62 bits per heavy atom. The van der Waals surface area contributed by atoms with Gasteiger partial charge in [-0.05, 0) is 39.3 Å². The number of hydrogen-bond donors (Lipinski definition) is 1. The number of nitrogens with one attached hydrogen (secondary N) is 1. The molecule has 1 aromatic heterocycles. The number of aliphatic imine (C=N–C) groups is 1. The number of imidazole rings is 1. The number of guanidine groups is 1. The van der Waals surface area contributed by atoms with Crippen molar-refractivity contribution in [1.82, 2.24) is 24.7 Å². The largest absolute Gasteiger partial charge is 0.450 e. The van der Waals surface area contributed by atoms with Gasteiger partial charge in [-0.2, -0.15) is 0 Å². The van der Waals surface area contributed by atoms with Crippen LogP contribution in [0.4, 0.5) is 4.79 Å². The highest BCUT2D eigenvalue weighted by molar-refractivity contribution is 5.80. The summed E-state index contributed by atoms with van der Waals surface area (Å²) in [7, 11) is 0. The zero-order valence-electron chi connectivity index (χ0n) is 17.7. The first kappa shape index (κ1) is 21.0. The van der Waals surface area contributed by atoms with Gasteiger partial charge in [-0.3, -0.25) is 4.99 Å². The van der Waals surface area contributed by atoms with Crippen LogP contribution < -0.4 is 5.32 Å². The summed E-state index contributed by atoms with van der Waals surface area (Å²) in [5.41, 5.74) is 2.22. The van der Waals surface area contributed by atoms with Gasteiger partial charge < -0.3 is 24.4 Å². The van der Waals surface area contributed by atoms with Crippen LogP contribution in [0.2, 0.25) is 0 Å². The Morgan fingerprint density at radius 2 is 1.90 bits per heavy atom. The highest BCUT2D eigenvalue weighted by Gasteiger charge is 2.23. The van der Waals surface area contributed by atoms with Crippen LogP contribution in [0.3, 0.4) is 0 Å². The maximum atomic E-state index is 11.9. The van der Waals surface area contributed by atoms with Crippen LogP contribution in [0.5, 0.6) is 0 Å². The molecule has 1 fully saturated rings. The van der Waals surface area contributed by atoms with Crippen molar-refractivity contribution >= 4 is 23.1 Å². The third-order valence-electron chi connectivity index (χ3n) is 5.09. The van der Waals surface area contributed by atoms with Gasteiger partial charge >= 0.3 is 6.09 Å². The topological polar surface area (TPSA) is 75.0 Å². The van der Waals surface area contributed by atoms with E-state index in [9.17, 15) is 4.79 Å². The molecular formula is C21H32N6O2. The third-order valence-corrected chi connectivity index (χ3v) is 5.09. The second-order valence-electron chi connectivity index (χ2n) is 7.06. The third kappa shape index (κ3) is 5.19. The van der Waals surface area contributed by atoms with Crippen molar-refractivity contribution in [3.05, 3.63) is 30.1 Å². The summed E-state index contributed by atoms with van der Waals surface area (Å²) in [5, 5.41) is 3.38. The molecule has 0 aliphatic carbocycles. The molecule has 8 heteroatoms. The molecule has 8 nitrogen and oxygen atoms in total. The summed E-state index contributed by atoms with van der Waals surface area (Å²) in [5.74, 6) is 1.96. The predicted octanol–water partition coefficient (Wildman–Crippen LogP) is 2.47. The zero-order valence-corrected chi connectivity index (χ0v) is 17.7. The number of nitrogens with zero attached hydrogens (tertiary/aromatic N) is 5. The summed E-state index contributed by atoms with van der Waals surface area (Å²) < 4.78 is 7.35. The van der Waals surface area contributed by atoms with Crippen LogP contribution in [-0.2, 0) is 11.3 Å². The molecule has 0 bridgehead atoms. The van der Waals surface area contributed by atoms with E-state index in [1.54, 1.807) is 4.90 Å². The molecular weight excluding hydrogens is 368 g/mol. The molecule has 0 atom stereocenters. The average molecular weight is 401 g/mol. The van der Waals surface area contributed by atoms with E-state index in [0.717, 1.165) is 56.4 Å². The Kier molecular flexibility index (Phi) is 7.32. The molecule has 1 N–H and O–H groups in total. The number of rotatable bonds is 6. The highest BCUT2D eigenvalue weighted by atomic mass is 16.6. The molecule has 1 aromatic carbocycles. The van der Waals surface area contributed by atoms with Crippen LogP contribution in [-0.4, -0.2) is 77.3 Å². The number of aryl methyl sites for hydroxylation is 2. The minimum atomic E-state index is -0.225. The molecule has 2 heterocycles. The molecule has 29 heavy (non-hydrogen) atoms. The van der Waals surface area contributed by atoms with Gasteiger partial charge in [0.2, 0.25) is 0 Å². The van der Waals surface area contributed by atoms with Gasteiger partial charge in [0.25, 0.3) is 0 Å². The van der Waals surface area contributed by atoms with E-state index in [1.807, 2.05) is 13.0 Å². The van der Waals surface area contributed by atoms with Gasteiger partial charge in [-0.1, -0.05) is 12.1 Å². The van der Waals surface area contributed by atoms with Gasteiger partial charge in [0.1, 0.15) is 5.82 Å². The first-order chi connectivity index (χ1) is 14.1.